The zero-order chi connectivity index (χ0) is 15.2. The summed E-state index contributed by atoms with van der Waals surface area (Å²) < 4.78 is 1.62. The van der Waals surface area contributed by atoms with Crippen LogP contribution in [0, 0.1) is 0 Å². The van der Waals surface area contributed by atoms with Gasteiger partial charge >= 0.3 is 0 Å². The zero-order valence-electron chi connectivity index (χ0n) is 11.2. The highest BCUT2D eigenvalue weighted by molar-refractivity contribution is 6.30. The van der Waals surface area contributed by atoms with Crippen LogP contribution in [0.5, 0.6) is 0 Å². The van der Waals surface area contributed by atoms with Gasteiger partial charge in [0.2, 0.25) is 0 Å². The van der Waals surface area contributed by atoms with Crippen LogP contribution in [0.25, 0.3) is 6.08 Å². The van der Waals surface area contributed by atoms with Gasteiger partial charge in [-0.05, 0) is 30.3 Å². The minimum Gasteiger partial charge on any atom is -0.275 e. The first-order chi connectivity index (χ1) is 10.0. The average Bonchev–Trinajstić information content (AvgIpc) is 2.89. The Morgan fingerprint density at radius 3 is 2.57 bits per heavy atom. The molecular formula is C14H13ClN4O2. The predicted octanol–water partition coefficient (Wildman–Crippen LogP) is 1.55. The van der Waals surface area contributed by atoms with Crippen molar-refractivity contribution < 1.29 is 9.59 Å². The zero-order valence-corrected chi connectivity index (χ0v) is 12.0. The molecule has 108 valence electrons. The molecule has 0 radical (unpaired) electrons. The van der Waals surface area contributed by atoms with Gasteiger partial charge in [0.25, 0.3) is 11.8 Å². The molecule has 21 heavy (non-hydrogen) atoms. The van der Waals surface area contributed by atoms with E-state index in [4.69, 9.17) is 11.6 Å². The van der Waals surface area contributed by atoms with Gasteiger partial charge < -0.3 is 0 Å². The molecule has 1 heterocycles. The van der Waals surface area contributed by atoms with Gasteiger partial charge in [0.15, 0.2) is 0 Å². The molecule has 0 saturated heterocycles. The molecule has 0 spiro atoms. The van der Waals surface area contributed by atoms with Crippen LogP contribution in [0.3, 0.4) is 0 Å². The van der Waals surface area contributed by atoms with E-state index in [-0.39, 0.29) is 0 Å². The number of aryl methyl sites for hydroxylation is 1. The van der Waals surface area contributed by atoms with Gasteiger partial charge in [0.05, 0.1) is 6.20 Å². The van der Waals surface area contributed by atoms with E-state index in [0.717, 1.165) is 5.56 Å². The number of benzene rings is 1. The Balaban J connectivity index is 1.85. The molecule has 0 fully saturated rings. The minimum atomic E-state index is -0.443. The first-order valence-electron chi connectivity index (χ1n) is 6.07. The normalized spacial score (nSPS) is 10.6. The molecule has 6 nitrogen and oxygen atoms in total. The number of hydrogen-bond acceptors (Lipinski definition) is 3. The van der Waals surface area contributed by atoms with Crippen molar-refractivity contribution in [2.24, 2.45) is 7.05 Å². The smallest absolute Gasteiger partial charge is 0.269 e. The van der Waals surface area contributed by atoms with E-state index in [0.29, 0.717) is 10.6 Å². The molecular weight excluding hydrogens is 292 g/mol. The van der Waals surface area contributed by atoms with Gasteiger partial charge in [0, 0.05) is 35.5 Å². The molecule has 2 rings (SSSR count). The van der Waals surface area contributed by atoms with Crippen LogP contribution in [0.2, 0.25) is 5.02 Å². The number of amides is 2. The standard InChI is InChI=1S/C14H13ClN4O2/c1-19-9-10(8-16-19)2-7-13(20)17-18-14(21)11-3-5-12(15)6-4-11/h2-9H,1H3,(H,17,20)(H,18,21). The van der Waals surface area contributed by atoms with Crippen molar-refractivity contribution in [3.8, 4) is 0 Å². The topological polar surface area (TPSA) is 76.0 Å². The molecule has 0 aliphatic carbocycles. The second kappa shape index (κ2) is 6.71. The Labute approximate surface area is 126 Å². The lowest BCUT2D eigenvalue weighted by atomic mass is 10.2. The lowest BCUT2D eigenvalue weighted by molar-refractivity contribution is -0.117. The lowest BCUT2D eigenvalue weighted by Gasteiger charge is -2.05. The third-order valence-electron chi connectivity index (χ3n) is 2.56. The molecule has 0 atom stereocenters. The third kappa shape index (κ3) is 4.47. The highest BCUT2D eigenvalue weighted by atomic mass is 35.5. The summed E-state index contributed by atoms with van der Waals surface area (Å²) >= 11 is 5.73. The predicted molar refractivity (Wildman–Crippen MR) is 79.3 cm³/mol. The molecule has 2 amide bonds. The average molecular weight is 305 g/mol. The third-order valence-corrected chi connectivity index (χ3v) is 2.81. The van der Waals surface area contributed by atoms with E-state index in [1.807, 2.05) is 0 Å². The van der Waals surface area contributed by atoms with Crippen molar-refractivity contribution in [3.63, 3.8) is 0 Å². The second-order valence-electron chi connectivity index (χ2n) is 4.23. The van der Waals surface area contributed by atoms with Crippen molar-refractivity contribution in [1.29, 1.82) is 0 Å². The number of aromatic nitrogens is 2. The molecule has 0 aliphatic rings. The first kappa shape index (κ1) is 14.8. The summed E-state index contributed by atoms with van der Waals surface area (Å²) in [7, 11) is 1.78. The summed E-state index contributed by atoms with van der Waals surface area (Å²) in [4.78, 5) is 23.3. The van der Waals surface area contributed by atoms with Crippen molar-refractivity contribution in [2.45, 2.75) is 0 Å². The maximum Gasteiger partial charge on any atom is 0.269 e. The SMILES string of the molecule is Cn1cc(C=CC(=O)NNC(=O)c2ccc(Cl)cc2)cn1. The van der Waals surface area contributed by atoms with Crippen LogP contribution < -0.4 is 10.9 Å². The quantitative estimate of drug-likeness (QED) is 0.667. The van der Waals surface area contributed by atoms with Crippen molar-refractivity contribution in [1.82, 2.24) is 20.6 Å². The largest absolute Gasteiger partial charge is 0.275 e. The molecule has 0 unspecified atom stereocenters. The van der Waals surface area contributed by atoms with Crippen molar-refractivity contribution >= 4 is 29.5 Å². The van der Waals surface area contributed by atoms with Crippen LogP contribution in [0.15, 0.2) is 42.7 Å². The molecule has 1 aromatic carbocycles. The van der Waals surface area contributed by atoms with Crippen LogP contribution in [-0.2, 0) is 11.8 Å². The number of hydrogen-bond donors (Lipinski definition) is 2. The van der Waals surface area contributed by atoms with Crippen LogP contribution >= 0.6 is 11.6 Å². The Morgan fingerprint density at radius 1 is 1.24 bits per heavy atom. The molecule has 2 aromatic rings. The lowest BCUT2D eigenvalue weighted by Crippen LogP contribution is -2.40. The van der Waals surface area contributed by atoms with E-state index in [1.165, 1.54) is 6.08 Å². The minimum absolute atomic E-state index is 0.399. The molecule has 7 heteroatoms. The maximum atomic E-state index is 11.7. The number of carbonyl (C=O) groups is 2. The molecule has 0 aliphatic heterocycles. The van der Waals surface area contributed by atoms with Crippen LogP contribution in [0.4, 0.5) is 0 Å². The number of nitrogens with zero attached hydrogens (tertiary/aromatic N) is 2. The fourth-order valence-corrected chi connectivity index (χ4v) is 1.66. The number of hydrazine groups is 1. The Morgan fingerprint density at radius 2 is 1.95 bits per heavy atom. The monoisotopic (exact) mass is 304 g/mol. The number of nitrogens with one attached hydrogen (secondary N) is 2. The number of halogens is 1. The number of rotatable bonds is 3. The van der Waals surface area contributed by atoms with Crippen LogP contribution in [0.1, 0.15) is 15.9 Å². The van der Waals surface area contributed by atoms with Gasteiger partial charge in [-0.1, -0.05) is 11.6 Å². The summed E-state index contributed by atoms with van der Waals surface area (Å²) in [5, 5.41) is 4.51. The van der Waals surface area contributed by atoms with E-state index in [2.05, 4.69) is 16.0 Å². The Hall–Kier alpha value is -2.60. The molecule has 2 N–H and O–H groups in total. The fourth-order valence-electron chi connectivity index (χ4n) is 1.53. The number of carbonyl (C=O) groups excluding carboxylic acids is 2. The van der Waals surface area contributed by atoms with Gasteiger partial charge in [-0.2, -0.15) is 5.10 Å². The fraction of sp³-hybridized carbons (Fsp3) is 0.0714. The Bertz CT molecular complexity index is 677. The highest BCUT2D eigenvalue weighted by Gasteiger charge is 2.05. The Kier molecular flexibility index (Phi) is 4.73. The molecule has 0 saturated carbocycles. The van der Waals surface area contributed by atoms with E-state index < -0.39 is 11.8 Å². The first-order valence-corrected chi connectivity index (χ1v) is 6.45. The highest BCUT2D eigenvalue weighted by Crippen LogP contribution is 2.08. The van der Waals surface area contributed by atoms with E-state index >= 15 is 0 Å². The van der Waals surface area contributed by atoms with Gasteiger partial charge in [-0.15, -0.1) is 0 Å². The van der Waals surface area contributed by atoms with Gasteiger partial charge in [0.1, 0.15) is 0 Å². The van der Waals surface area contributed by atoms with Crippen LogP contribution in [-0.4, -0.2) is 21.6 Å². The molecule has 0 bridgehead atoms. The summed E-state index contributed by atoms with van der Waals surface area (Å²) in [6, 6.07) is 6.33. The van der Waals surface area contributed by atoms with Gasteiger partial charge in [-0.25, -0.2) is 0 Å². The van der Waals surface area contributed by atoms with Crippen molar-refractivity contribution in [2.75, 3.05) is 0 Å². The maximum absolute atomic E-state index is 11.7. The van der Waals surface area contributed by atoms with Crippen molar-refractivity contribution in [3.05, 3.63) is 58.9 Å². The summed E-state index contributed by atoms with van der Waals surface area (Å²) in [6.45, 7) is 0. The van der Waals surface area contributed by atoms with Gasteiger partial charge in [-0.3, -0.25) is 25.1 Å². The second-order valence-corrected chi connectivity index (χ2v) is 4.67. The summed E-state index contributed by atoms with van der Waals surface area (Å²) in [6.07, 6.45) is 6.28. The summed E-state index contributed by atoms with van der Waals surface area (Å²) in [5.74, 6) is -0.865. The van der Waals surface area contributed by atoms with E-state index in [1.54, 1.807) is 54.5 Å². The van der Waals surface area contributed by atoms with E-state index in [9.17, 15) is 9.59 Å². The molecule has 1 aromatic heterocycles. The summed E-state index contributed by atoms with van der Waals surface area (Å²) in [5.41, 5.74) is 5.78.